The van der Waals surface area contributed by atoms with E-state index in [4.69, 9.17) is 10.3 Å². The minimum absolute atomic E-state index is 0.00815. The third-order valence-electron chi connectivity index (χ3n) is 1.74. The first-order chi connectivity index (χ1) is 5.59. The standard InChI is InChI=1S/C9H16N2O/c1-6(2)4-8(10)9-5-7(3)11-12-9/h5-6,8H,4,10H2,1-3H3/t8-/m1/s1. The highest BCUT2D eigenvalue weighted by molar-refractivity contribution is 5.06. The van der Waals surface area contributed by atoms with Crippen LogP contribution in [-0.2, 0) is 0 Å². The van der Waals surface area contributed by atoms with Crippen molar-refractivity contribution in [1.29, 1.82) is 0 Å². The van der Waals surface area contributed by atoms with E-state index in [1.807, 2.05) is 13.0 Å². The van der Waals surface area contributed by atoms with E-state index < -0.39 is 0 Å². The van der Waals surface area contributed by atoms with Crippen molar-refractivity contribution in [3.05, 3.63) is 17.5 Å². The highest BCUT2D eigenvalue weighted by atomic mass is 16.5. The Morgan fingerprint density at radius 2 is 2.25 bits per heavy atom. The minimum Gasteiger partial charge on any atom is -0.359 e. The fraction of sp³-hybridized carbons (Fsp3) is 0.667. The first-order valence-corrected chi connectivity index (χ1v) is 4.28. The molecule has 0 aliphatic heterocycles. The molecule has 0 saturated heterocycles. The number of nitrogens with two attached hydrogens (primary N) is 1. The van der Waals surface area contributed by atoms with Crippen LogP contribution >= 0.6 is 0 Å². The Balaban J connectivity index is 2.58. The molecule has 0 radical (unpaired) electrons. The molecule has 0 aliphatic rings. The van der Waals surface area contributed by atoms with Gasteiger partial charge in [-0.2, -0.15) is 0 Å². The summed E-state index contributed by atoms with van der Waals surface area (Å²) in [6.45, 7) is 6.18. The van der Waals surface area contributed by atoms with Gasteiger partial charge in [0.1, 0.15) is 0 Å². The normalized spacial score (nSPS) is 13.8. The van der Waals surface area contributed by atoms with Gasteiger partial charge in [0.05, 0.1) is 11.7 Å². The first-order valence-electron chi connectivity index (χ1n) is 4.28. The number of rotatable bonds is 3. The third-order valence-corrected chi connectivity index (χ3v) is 1.74. The van der Waals surface area contributed by atoms with Crippen molar-refractivity contribution < 1.29 is 4.52 Å². The summed E-state index contributed by atoms with van der Waals surface area (Å²) in [5.41, 5.74) is 6.77. The highest BCUT2D eigenvalue weighted by Gasteiger charge is 2.12. The second-order valence-corrected chi connectivity index (χ2v) is 3.61. The van der Waals surface area contributed by atoms with E-state index in [9.17, 15) is 0 Å². The van der Waals surface area contributed by atoms with Crippen LogP contribution in [0.3, 0.4) is 0 Å². The van der Waals surface area contributed by atoms with E-state index in [2.05, 4.69) is 19.0 Å². The number of nitrogens with zero attached hydrogens (tertiary/aromatic N) is 1. The van der Waals surface area contributed by atoms with E-state index in [1.54, 1.807) is 0 Å². The zero-order valence-electron chi connectivity index (χ0n) is 7.87. The second kappa shape index (κ2) is 3.72. The quantitative estimate of drug-likeness (QED) is 0.751. The molecule has 0 aromatic carbocycles. The topological polar surface area (TPSA) is 52.0 Å². The first kappa shape index (κ1) is 9.26. The summed E-state index contributed by atoms with van der Waals surface area (Å²) in [4.78, 5) is 0. The molecule has 3 nitrogen and oxygen atoms in total. The molecule has 0 aliphatic carbocycles. The van der Waals surface area contributed by atoms with Gasteiger partial charge in [0.25, 0.3) is 0 Å². The van der Waals surface area contributed by atoms with Gasteiger partial charge in [0, 0.05) is 6.07 Å². The number of hydrogen-bond donors (Lipinski definition) is 1. The Morgan fingerprint density at radius 1 is 1.58 bits per heavy atom. The summed E-state index contributed by atoms with van der Waals surface area (Å²) in [5.74, 6) is 1.38. The molecule has 1 rings (SSSR count). The van der Waals surface area contributed by atoms with Crippen LogP contribution in [0.5, 0.6) is 0 Å². The molecular weight excluding hydrogens is 152 g/mol. The van der Waals surface area contributed by atoms with E-state index in [1.165, 1.54) is 0 Å². The van der Waals surface area contributed by atoms with E-state index >= 15 is 0 Å². The SMILES string of the molecule is Cc1cc([C@H](N)CC(C)C)on1. The number of aromatic nitrogens is 1. The van der Waals surface area contributed by atoms with E-state index in [-0.39, 0.29) is 6.04 Å². The molecule has 1 aromatic heterocycles. The molecule has 0 bridgehead atoms. The van der Waals surface area contributed by atoms with Gasteiger partial charge in [0.2, 0.25) is 0 Å². The third kappa shape index (κ3) is 2.34. The lowest BCUT2D eigenvalue weighted by molar-refractivity contribution is 0.340. The molecule has 12 heavy (non-hydrogen) atoms. The van der Waals surface area contributed by atoms with Crippen molar-refractivity contribution >= 4 is 0 Å². The van der Waals surface area contributed by atoms with Gasteiger partial charge in [0.15, 0.2) is 5.76 Å². The maximum Gasteiger partial charge on any atom is 0.153 e. The Morgan fingerprint density at radius 3 is 2.67 bits per heavy atom. The monoisotopic (exact) mass is 168 g/mol. The average Bonchev–Trinajstić information content (AvgIpc) is 2.34. The lowest BCUT2D eigenvalue weighted by atomic mass is 10.0. The molecule has 0 amide bonds. The molecule has 0 fully saturated rings. The summed E-state index contributed by atoms with van der Waals surface area (Å²) in [7, 11) is 0. The zero-order valence-corrected chi connectivity index (χ0v) is 7.87. The molecule has 0 spiro atoms. The van der Waals surface area contributed by atoms with Crippen molar-refractivity contribution in [2.45, 2.75) is 33.2 Å². The Bertz CT molecular complexity index is 242. The largest absolute Gasteiger partial charge is 0.359 e. The zero-order chi connectivity index (χ0) is 9.14. The molecule has 1 heterocycles. The molecule has 0 saturated carbocycles. The van der Waals surface area contributed by atoms with Crippen LogP contribution in [0.2, 0.25) is 0 Å². The summed E-state index contributed by atoms with van der Waals surface area (Å²) >= 11 is 0. The maximum atomic E-state index is 5.88. The molecule has 3 heteroatoms. The van der Waals surface area contributed by atoms with Crippen LogP contribution in [0.15, 0.2) is 10.6 Å². The van der Waals surface area contributed by atoms with Crippen molar-refractivity contribution in [3.63, 3.8) is 0 Å². The van der Waals surface area contributed by atoms with Crippen molar-refractivity contribution in [1.82, 2.24) is 5.16 Å². The molecule has 2 N–H and O–H groups in total. The van der Waals surface area contributed by atoms with Gasteiger partial charge in [-0.05, 0) is 19.3 Å². The molecule has 0 unspecified atom stereocenters. The van der Waals surface area contributed by atoms with Crippen LogP contribution in [0.25, 0.3) is 0 Å². The predicted molar refractivity (Wildman–Crippen MR) is 47.6 cm³/mol. The van der Waals surface area contributed by atoms with E-state index in [0.717, 1.165) is 17.9 Å². The smallest absolute Gasteiger partial charge is 0.153 e. The molecule has 1 atom stereocenters. The van der Waals surface area contributed by atoms with Gasteiger partial charge in [-0.3, -0.25) is 0 Å². The fourth-order valence-electron chi connectivity index (χ4n) is 1.18. The van der Waals surface area contributed by atoms with Crippen LogP contribution < -0.4 is 5.73 Å². The minimum atomic E-state index is -0.00815. The van der Waals surface area contributed by atoms with Crippen LogP contribution in [0.4, 0.5) is 0 Å². The Hall–Kier alpha value is -0.830. The summed E-state index contributed by atoms with van der Waals surface area (Å²) in [6, 6.07) is 1.89. The number of aryl methyl sites for hydroxylation is 1. The van der Waals surface area contributed by atoms with E-state index in [0.29, 0.717) is 5.92 Å². The van der Waals surface area contributed by atoms with Gasteiger partial charge < -0.3 is 10.3 Å². The van der Waals surface area contributed by atoms with Gasteiger partial charge in [-0.1, -0.05) is 19.0 Å². The average molecular weight is 168 g/mol. The fourth-order valence-corrected chi connectivity index (χ4v) is 1.18. The van der Waals surface area contributed by atoms with Crippen molar-refractivity contribution in [2.24, 2.45) is 11.7 Å². The molecule has 1 aromatic rings. The van der Waals surface area contributed by atoms with Crippen LogP contribution in [0, 0.1) is 12.8 Å². The lowest BCUT2D eigenvalue weighted by Crippen LogP contribution is -2.11. The molecular formula is C9H16N2O. The highest BCUT2D eigenvalue weighted by Crippen LogP contribution is 2.18. The Kier molecular flexibility index (Phi) is 2.87. The van der Waals surface area contributed by atoms with Crippen LogP contribution in [-0.4, -0.2) is 5.16 Å². The van der Waals surface area contributed by atoms with Crippen molar-refractivity contribution in [3.8, 4) is 0 Å². The predicted octanol–water partition coefficient (Wildman–Crippen LogP) is 2.03. The summed E-state index contributed by atoms with van der Waals surface area (Å²) in [5, 5.41) is 3.79. The number of hydrogen-bond acceptors (Lipinski definition) is 3. The summed E-state index contributed by atoms with van der Waals surface area (Å²) in [6.07, 6.45) is 0.939. The lowest BCUT2D eigenvalue weighted by Gasteiger charge is -2.09. The van der Waals surface area contributed by atoms with Crippen LogP contribution in [0.1, 0.15) is 37.8 Å². The van der Waals surface area contributed by atoms with Gasteiger partial charge >= 0.3 is 0 Å². The second-order valence-electron chi connectivity index (χ2n) is 3.61. The van der Waals surface area contributed by atoms with Gasteiger partial charge in [-0.15, -0.1) is 0 Å². The Labute approximate surface area is 72.9 Å². The summed E-state index contributed by atoms with van der Waals surface area (Å²) < 4.78 is 5.05. The van der Waals surface area contributed by atoms with Gasteiger partial charge in [-0.25, -0.2) is 0 Å². The van der Waals surface area contributed by atoms with Crippen molar-refractivity contribution in [2.75, 3.05) is 0 Å². The molecule has 68 valence electrons. The maximum absolute atomic E-state index is 5.88.